The molecule has 116 valence electrons. The molecule has 0 fully saturated rings. The highest BCUT2D eigenvalue weighted by molar-refractivity contribution is 5.78. The lowest BCUT2D eigenvalue weighted by Gasteiger charge is -2.21. The van der Waals surface area contributed by atoms with Gasteiger partial charge >= 0.3 is 11.9 Å². The first-order valence-electron chi connectivity index (χ1n) is 5.50. The maximum atomic E-state index is 10.8. The monoisotopic (exact) mass is 302 g/mol. The molecule has 4 N–H and O–H groups in total. The van der Waals surface area contributed by atoms with Crippen molar-refractivity contribution in [2.75, 3.05) is 42.2 Å². The third-order valence-corrected chi connectivity index (χ3v) is 2.11. The molecular formula is C9H14N6O6. The minimum Gasteiger partial charge on any atom is -0.480 e. The lowest BCUT2D eigenvalue weighted by atomic mass is 10.5. The fourth-order valence-electron chi connectivity index (χ4n) is 1.30. The Morgan fingerprint density at radius 2 is 1.19 bits per heavy atom. The second kappa shape index (κ2) is 6.62. The minimum absolute atomic E-state index is 0.295. The summed E-state index contributed by atoms with van der Waals surface area (Å²) >= 11 is 0. The molecule has 0 amide bonds. The Hall–Kier alpha value is -2.73. The van der Waals surface area contributed by atoms with Crippen LogP contribution in [0.5, 0.6) is 0 Å². The van der Waals surface area contributed by atoms with Crippen LogP contribution in [0, 0.1) is 0 Å². The van der Waals surface area contributed by atoms with Crippen molar-refractivity contribution in [1.29, 1.82) is 0 Å². The van der Waals surface area contributed by atoms with Gasteiger partial charge in [0.25, 0.3) is 11.9 Å². The summed E-state index contributed by atoms with van der Waals surface area (Å²) in [6.07, 6.45) is 0. The molecule has 0 aliphatic rings. The Balaban J connectivity index is 3.27. The molecule has 1 aromatic rings. The van der Waals surface area contributed by atoms with Crippen molar-refractivity contribution in [3.8, 4) is 0 Å². The first-order valence-corrected chi connectivity index (χ1v) is 5.50. The molecule has 0 unspecified atom stereocenters. The molecule has 0 radical (unpaired) electrons. The van der Waals surface area contributed by atoms with Crippen LogP contribution >= 0.6 is 0 Å². The number of rotatable bonds is 7. The molecule has 0 spiro atoms. The van der Waals surface area contributed by atoms with E-state index in [0.29, 0.717) is 10.1 Å². The summed E-state index contributed by atoms with van der Waals surface area (Å²) in [5.74, 6) is -3.50. The Kier molecular flexibility index (Phi) is 5.15. The summed E-state index contributed by atoms with van der Waals surface area (Å²) < 4.78 is 0. The summed E-state index contributed by atoms with van der Waals surface area (Å²) in [5, 5.41) is 37.3. The second-order valence-corrected chi connectivity index (χ2v) is 3.93. The maximum absolute atomic E-state index is 10.8. The van der Waals surface area contributed by atoms with Gasteiger partial charge in [0.05, 0.1) is 0 Å². The highest BCUT2D eigenvalue weighted by Gasteiger charge is 2.20. The van der Waals surface area contributed by atoms with E-state index in [0.717, 1.165) is 4.90 Å². The SMILES string of the molecule is CN(O)c1nc(N(C)O)nc(N(CC(=O)O)CC(=O)O)n1. The normalized spacial score (nSPS) is 10.1. The van der Waals surface area contributed by atoms with Gasteiger partial charge in [0.1, 0.15) is 13.1 Å². The summed E-state index contributed by atoms with van der Waals surface area (Å²) in [6.45, 7) is -1.36. The number of anilines is 3. The van der Waals surface area contributed by atoms with Crippen molar-refractivity contribution < 1.29 is 30.2 Å². The van der Waals surface area contributed by atoms with Crippen LogP contribution in [0.25, 0.3) is 0 Å². The number of hydrogen-bond acceptors (Lipinski definition) is 10. The standard InChI is InChI=1S/C9H14N6O6/c1-13(20)7-10-8(14(2)21)12-9(11-7)15(3-5(16)17)4-6(18)19/h20-21H,3-4H2,1-2H3,(H,16,17)(H,18,19). The second-order valence-electron chi connectivity index (χ2n) is 3.93. The highest BCUT2D eigenvalue weighted by atomic mass is 16.5. The van der Waals surface area contributed by atoms with Gasteiger partial charge in [-0.3, -0.25) is 20.0 Å². The summed E-state index contributed by atoms with van der Waals surface area (Å²) in [5.41, 5.74) is 0. The Bertz CT molecular complexity index is 493. The third-order valence-electron chi connectivity index (χ3n) is 2.11. The lowest BCUT2D eigenvalue weighted by Crippen LogP contribution is -2.36. The first-order chi connectivity index (χ1) is 9.70. The third kappa shape index (κ3) is 4.70. The molecule has 0 saturated heterocycles. The zero-order valence-corrected chi connectivity index (χ0v) is 11.2. The molecule has 12 heteroatoms. The number of aromatic nitrogens is 3. The molecule has 12 nitrogen and oxygen atoms in total. The van der Waals surface area contributed by atoms with Crippen LogP contribution in [-0.4, -0.2) is 74.7 Å². The van der Waals surface area contributed by atoms with Crippen molar-refractivity contribution in [2.45, 2.75) is 0 Å². The van der Waals surface area contributed by atoms with Crippen LogP contribution in [-0.2, 0) is 9.59 Å². The van der Waals surface area contributed by atoms with E-state index in [1.165, 1.54) is 14.1 Å². The number of carboxylic acid groups (broad SMARTS) is 2. The van der Waals surface area contributed by atoms with Gasteiger partial charge in [-0.2, -0.15) is 15.0 Å². The van der Waals surface area contributed by atoms with Crippen LogP contribution in [0.2, 0.25) is 0 Å². The summed E-state index contributed by atoms with van der Waals surface area (Å²) in [6, 6.07) is 0. The van der Waals surface area contributed by atoms with Gasteiger partial charge in [-0.1, -0.05) is 0 Å². The zero-order chi connectivity index (χ0) is 16.2. The van der Waals surface area contributed by atoms with Crippen molar-refractivity contribution >= 4 is 29.8 Å². The van der Waals surface area contributed by atoms with E-state index in [1.807, 2.05) is 0 Å². The van der Waals surface area contributed by atoms with E-state index >= 15 is 0 Å². The number of nitrogens with zero attached hydrogens (tertiary/aromatic N) is 6. The molecule has 0 bridgehead atoms. The fraction of sp³-hybridized carbons (Fsp3) is 0.444. The van der Waals surface area contributed by atoms with E-state index in [-0.39, 0.29) is 17.8 Å². The predicted octanol–water partition coefficient (Wildman–Crippen LogP) is -1.50. The number of carbonyl (C=O) groups is 2. The number of carboxylic acids is 2. The average molecular weight is 302 g/mol. The summed E-state index contributed by atoms with van der Waals surface area (Å²) in [4.78, 5) is 33.5. The Morgan fingerprint density at radius 1 is 0.857 bits per heavy atom. The Labute approximate surface area is 118 Å². The number of hydrogen-bond donors (Lipinski definition) is 4. The van der Waals surface area contributed by atoms with Gasteiger partial charge in [0, 0.05) is 14.1 Å². The van der Waals surface area contributed by atoms with Crippen LogP contribution in [0.3, 0.4) is 0 Å². The summed E-state index contributed by atoms with van der Waals surface area (Å²) in [7, 11) is 2.39. The Morgan fingerprint density at radius 3 is 1.48 bits per heavy atom. The fourth-order valence-corrected chi connectivity index (χ4v) is 1.30. The van der Waals surface area contributed by atoms with Crippen molar-refractivity contribution in [1.82, 2.24) is 15.0 Å². The maximum Gasteiger partial charge on any atom is 0.323 e. The molecule has 0 atom stereocenters. The van der Waals surface area contributed by atoms with Crippen molar-refractivity contribution in [2.24, 2.45) is 0 Å². The molecule has 0 aliphatic heterocycles. The molecule has 21 heavy (non-hydrogen) atoms. The topological polar surface area (TPSA) is 163 Å². The van der Waals surface area contributed by atoms with Crippen LogP contribution < -0.4 is 15.0 Å². The van der Waals surface area contributed by atoms with Gasteiger partial charge < -0.3 is 15.1 Å². The van der Waals surface area contributed by atoms with E-state index in [2.05, 4.69) is 15.0 Å². The van der Waals surface area contributed by atoms with Gasteiger partial charge in [-0.25, -0.2) is 10.1 Å². The largest absolute Gasteiger partial charge is 0.480 e. The smallest absolute Gasteiger partial charge is 0.323 e. The molecule has 1 aromatic heterocycles. The minimum atomic E-state index is -1.30. The quantitative estimate of drug-likeness (QED) is 0.431. The van der Waals surface area contributed by atoms with E-state index < -0.39 is 25.0 Å². The van der Waals surface area contributed by atoms with E-state index in [4.69, 9.17) is 10.2 Å². The van der Waals surface area contributed by atoms with Gasteiger partial charge in [-0.05, 0) is 0 Å². The van der Waals surface area contributed by atoms with Crippen LogP contribution in [0.1, 0.15) is 0 Å². The molecule has 1 rings (SSSR count). The molecule has 0 aromatic carbocycles. The number of hydroxylamine groups is 2. The number of aliphatic carboxylic acids is 2. The van der Waals surface area contributed by atoms with Gasteiger partial charge in [0.15, 0.2) is 0 Å². The van der Waals surface area contributed by atoms with E-state index in [9.17, 15) is 20.0 Å². The molecule has 0 aliphatic carbocycles. The predicted molar refractivity (Wildman–Crippen MR) is 67.7 cm³/mol. The molecule has 0 saturated carbocycles. The lowest BCUT2D eigenvalue weighted by molar-refractivity contribution is -0.136. The highest BCUT2D eigenvalue weighted by Crippen LogP contribution is 2.16. The molecular weight excluding hydrogens is 288 g/mol. The van der Waals surface area contributed by atoms with Crippen LogP contribution in [0.15, 0.2) is 0 Å². The van der Waals surface area contributed by atoms with Gasteiger partial charge in [0.2, 0.25) is 5.95 Å². The van der Waals surface area contributed by atoms with Crippen molar-refractivity contribution in [3.63, 3.8) is 0 Å². The average Bonchev–Trinajstić information content (AvgIpc) is 2.36. The van der Waals surface area contributed by atoms with Crippen LogP contribution in [0.4, 0.5) is 17.8 Å². The molecule has 1 heterocycles. The van der Waals surface area contributed by atoms with E-state index in [1.54, 1.807) is 0 Å². The van der Waals surface area contributed by atoms with Gasteiger partial charge in [-0.15, -0.1) is 0 Å². The first kappa shape index (κ1) is 16.3. The van der Waals surface area contributed by atoms with Crippen molar-refractivity contribution in [3.05, 3.63) is 0 Å². The zero-order valence-electron chi connectivity index (χ0n) is 11.2.